The first-order valence-corrected chi connectivity index (χ1v) is 9.96. The van der Waals surface area contributed by atoms with E-state index in [0.29, 0.717) is 5.92 Å². The molecule has 3 nitrogen and oxygen atoms in total. The number of anilines is 1. The first-order valence-electron chi connectivity index (χ1n) is 9.17. The molecular weight excluding hydrogens is 390 g/mol. The number of rotatable bonds is 2. The fraction of sp³-hybridized carbons (Fsp3) is 0.364. The van der Waals surface area contributed by atoms with Crippen LogP contribution in [-0.4, -0.2) is 11.8 Å². The Morgan fingerprint density at radius 3 is 2.35 bits per heavy atom. The molecule has 2 aliphatic rings. The molecule has 1 aliphatic heterocycles. The van der Waals surface area contributed by atoms with E-state index in [0.717, 1.165) is 40.5 Å². The van der Waals surface area contributed by atoms with Crippen molar-refractivity contribution in [3.05, 3.63) is 63.6 Å². The second-order valence-electron chi connectivity index (χ2n) is 7.53. The molecule has 26 heavy (non-hydrogen) atoms. The summed E-state index contributed by atoms with van der Waals surface area (Å²) in [7, 11) is 0. The first-order chi connectivity index (χ1) is 12.5. The predicted molar refractivity (Wildman–Crippen MR) is 106 cm³/mol. The third-order valence-electron chi connectivity index (χ3n) is 5.91. The average molecular weight is 412 g/mol. The average Bonchev–Trinajstić information content (AvgIpc) is 2.89. The van der Waals surface area contributed by atoms with E-state index in [-0.39, 0.29) is 23.7 Å². The normalized spacial score (nSPS) is 25.5. The van der Waals surface area contributed by atoms with E-state index in [1.807, 2.05) is 44.2 Å². The van der Waals surface area contributed by atoms with Crippen LogP contribution < -0.4 is 4.90 Å². The Bertz CT molecular complexity index is 877. The van der Waals surface area contributed by atoms with E-state index in [9.17, 15) is 9.59 Å². The van der Waals surface area contributed by atoms with Gasteiger partial charge in [0.05, 0.1) is 17.5 Å². The number of halogens is 1. The van der Waals surface area contributed by atoms with E-state index in [4.69, 9.17) is 0 Å². The molecule has 0 aromatic heterocycles. The van der Waals surface area contributed by atoms with E-state index < -0.39 is 0 Å². The summed E-state index contributed by atoms with van der Waals surface area (Å²) in [5.74, 6) is -0.0284. The van der Waals surface area contributed by atoms with Gasteiger partial charge in [-0.2, -0.15) is 0 Å². The molecule has 134 valence electrons. The monoisotopic (exact) mass is 411 g/mol. The smallest absolute Gasteiger partial charge is 0.237 e. The van der Waals surface area contributed by atoms with Gasteiger partial charge in [0.1, 0.15) is 0 Å². The number of carbonyl (C=O) groups is 2. The van der Waals surface area contributed by atoms with Crippen molar-refractivity contribution in [3.8, 4) is 0 Å². The molecule has 1 aliphatic carbocycles. The number of benzene rings is 2. The van der Waals surface area contributed by atoms with Crippen molar-refractivity contribution in [2.45, 2.75) is 39.0 Å². The Kier molecular flexibility index (Phi) is 4.47. The lowest BCUT2D eigenvalue weighted by Gasteiger charge is -2.28. The molecule has 0 radical (unpaired) electrons. The van der Waals surface area contributed by atoms with Crippen molar-refractivity contribution in [2.24, 2.45) is 11.8 Å². The summed E-state index contributed by atoms with van der Waals surface area (Å²) in [5.41, 5.74) is 4.00. The highest BCUT2D eigenvalue weighted by Crippen LogP contribution is 2.46. The topological polar surface area (TPSA) is 37.4 Å². The van der Waals surface area contributed by atoms with Crippen LogP contribution in [0.25, 0.3) is 0 Å². The lowest BCUT2D eigenvalue weighted by molar-refractivity contribution is -0.122. The zero-order valence-corrected chi connectivity index (χ0v) is 16.6. The molecule has 0 bridgehead atoms. The van der Waals surface area contributed by atoms with E-state index >= 15 is 0 Å². The van der Waals surface area contributed by atoms with Gasteiger partial charge in [-0.3, -0.25) is 9.59 Å². The fourth-order valence-electron chi connectivity index (χ4n) is 4.45. The van der Waals surface area contributed by atoms with Crippen LogP contribution >= 0.6 is 15.9 Å². The van der Waals surface area contributed by atoms with Crippen molar-refractivity contribution in [1.29, 1.82) is 0 Å². The minimum absolute atomic E-state index is 0.0173. The van der Waals surface area contributed by atoms with Crippen LogP contribution in [0.4, 0.5) is 5.69 Å². The summed E-state index contributed by atoms with van der Waals surface area (Å²) in [6.45, 7) is 3.94. The Balaban J connectivity index is 1.65. The standard InChI is InChI=1S/C22H22BrNO2/c1-13-11-20(14(2)10-19(13)23)24-21(25)17-9-8-16(12-18(17)22(24)26)15-6-4-3-5-7-15/h3-7,10-11,16-18H,8-9,12H2,1-2H3. The Morgan fingerprint density at radius 2 is 1.62 bits per heavy atom. The van der Waals surface area contributed by atoms with Crippen LogP contribution in [0.15, 0.2) is 46.9 Å². The van der Waals surface area contributed by atoms with Gasteiger partial charge < -0.3 is 0 Å². The van der Waals surface area contributed by atoms with Crippen molar-refractivity contribution < 1.29 is 9.59 Å². The lowest BCUT2D eigenvalue weighted by atomic mass is 9.73. The maximum Gasteiger partial charge on any atom is 0.237 e. The van der Waals surface area contributed by atoms with E-state index in [1.54, 1.807) is 0 Å². The molecule has 2 amide bonds. The third-order valence-corrected chi connectivity index (χ3v) is 6.77. The van der Waals surface area contributed by atoms with Crippen LogP contribution in [0.3, 0.4) is 0 Å². The van der Waals surface area contributed by atoms with Crippen LogP contribution in [0, 0.1) is 25.7 Å². The number of nitrogens with zero attached hydrogens (tertiary/aromatic N) is 1. The molecule has 4 rings (SSSR count). The number of hydrogen-bond donors (Lipinski definition) is 0. The minimum Gasteiger partial charge on any atom is -0.274 e. The second kappa shape index (κ2) is 6.66. The Hall–Kier alpha value is -1.94. The summed E-state index contributed by atoms with van der Waals surface area (Å²) in [5, 5.41) is 0. The summed E-state index contributed by atoms with van der Waals surface area (Å²) in [6, 6.07) is 14.3. The van der Waals surface area contributed by atoms with Crippen LogP contribution in [0.1, 0.15) is 41.9 Å². The van der Waals surface area contributed by atoms with Gasteiger partial charge >= 0.3 is 0 Å². The maximum atomic E-state index is 13.2. The largest absolute Gasteiger partial charge is 0.274 e. The van der Waals surface area contributed by atoms with Crippen molar-refractivity contribution >= 4 is 33.4 Å². The summed E-state index contributed by atoms with van der Waals surface area (Å²) in [6.07, 6.45) is 2.53. The molecule has 1 saturated carbocycles. The molecule has 0 spiro atoms. The SMILES string of the molecule is Cc1cc(N2C(=O)C3CCC(c4ccccc4)CC3C2=O)c(C)cc1Br. The molecule has 1 saturated heterocycles. The van der Waals surface area contributed by atoms with Crippen LogP contribution in [0.2, 0.25) is 0 Å². The van der Waals surface area contributed by atoms with E-state index in [2.05, 4.69) is 28.1 Å². The minimum atomic E-state index is -0.190. The molecule has 2 aromatic rings. The third kappa shape index (κ3) is 2.81. The van der Waals surface area contributed by atoms with Crippen molar-refractivity contribution in [2.75, 3.05) is 4.90 Å². The van der Waals surface area contributed by atoms with Crippen LogP contribution in [-0.2, 0) is 9.59 Å². The number of hydrogen-bond acceptors (Lipinski definition) is 2. The Labute approximate surface area is 162 Å². The molecule has 3 atom stereocenters. The highest BCUT2D eigenvalue weighted by molar-refractivity contribution is 9.10. The summed E-state index contributed by atoms with van der Waals surface area (Å²) in [4.78, 5) is 27.7. The van der Waals surface area contributed by atoms with Gasteiger partial charge in [-0.1, -0.05) is 46.3 Å². The number of aryl methyl sites for hydroxylation is 2. The summed E-state index contributed by atoms with van der Waals surface area (Å²) >= 11 is 3.53. The predicted octanol–water partition coefficient (Wildman–Crippen LogP) is 5.14. The zero-order chi connectivity index (χ0) is 18.4. The highest BCUT2D eigenvalue weighted by Gasteiger charge is 2.51. The van der Waals surface area contributed by atoms with Gasteiger partial charge in [0.25, 0.3) is 0 Å². The Morgan fingerprint density at radius 1 is 0.923 bits per heavy atom. The molecule has 2 fully saturated rings. The molecule has 3 unspecified atom stereocenters. The maximum absolute atomic E-state index is 13.2. The van der Waals surface area contributed by atoms with Crippen LogP contribution in [0.5, 0.6) is 0 Å². The van der Waals surface area contributed by atoms with Gasteiger partial charge in [-0.15, -0.1) is 0 Å². The van der Waals surface area contributed by atoms with Gasteiger partial charge in [0, 0.05) is 4.47 Å². The quantitative estimate of drug-likeness (QED) is 0.641. The number of imide groups is 1. The van der Waals surface area contributed by atoms with Crippen molar-refractivity contribution in [1.82, 2.24) is 0 Å². The van der Waals surface area contributed by atoms with Gasteiger partial charge in [-0.25, -0.2) is 4.90 Å². The lowest BCUT2D eigenvalue weighted by Crippen LogP contribution is -2.31. The highest BCUT2D eigenvalue weighted by atomic mass is 79.9. The number of fused-ring (bicyclic) bond motifs is 1. The van der Waals surface area contributed by atoms with Gasteiger partial charge in [0.15, 0.2) is 0 Å². The molecule has 1 heterocycles. The molecule has 2 aromatic carbocycles. The van der Waals surface area contributed by atoms with Gasteiger partial charge in [-0.05, 0) is 67.9 Å². The number of amides is 2. The fourth-order valence-corrected chi connectivity index (χ4v) is 4.91. The number of carbonyl (C=O) groups excluding carboxylic acids is 2. The first kappa shape index (κ1) is 17.5. The molecule has 0 N–H and O–H groups in total. The van der Waals surface area contributed by atoms with Gasteiger partial charge in [0.2, 0.25) is 11.8 Å². The second-order valence-corrected chi connectivity index (χ2v) is 8.39. The molecule has 4 heteroatoms. The van der Waals surface area contributed by atoms with Crippen molar-refractivity contribution in [3.63, 3.8) is 0 Å². The zero-order valence-electron chi connectivity index (χ0n) is 15.0. The summed E-state index contributed by atoms with van der Waals surface area (Å²) < 4.78 is 0.999. The molecular formula is C22H22BrNO2. The van der Waals surface area contributed by atoms with E-state index in [1.165, 1.54) is 10.5 Å².